The van der Waals surface area contributed by atoms with Gasteiger partial charge in [0.25, 0.3) is 0 Å². The molecule has 31 heavy (non-hydrogen) atoms. The quantitative estimate of drug-likeness (QED) is 0.372. The fourth-order valence-electron chi connectivity index (χ4n) is 4.44. The minimum Gasteiger partial charge on any atom is -0.451 e. The third kappa shape index (κ3) is 3.00. The van der Waals surface area contributed by atoms with E-state index in [0.717, 1.165) is 58.9 Å². The maximum atomic E-state index is 6.88. The molecule has 0 radical (unpaired) electrons. The summed E-state index contributed by atoms with van der Waals surface area (Å²) in [4.78, 5) is 7.57. The van der Waals surface area contributed by atoms with Crippen LogP contribution in [0.25, 0.3) is 44.3 Å². The van der Waals surface area contributed by atoms with Crippen LogP contribution in [0, 0.1) is 0 Å². The van der Waals surface area contributed by atoms with Gasteiger partial charge >= 0.3 is 0 Å². The van der Waals surface area contributed by atoms with E-state index in [1.807, 2.05) is 41.3 Å². The highest BCUT2D eigenvalue weighted by atomic mass is 35.5. The normalized spacial score (nSPS) is 15.3. The number of nitrogens with one attached hydrogen (secondary N) is 2. The third-order valence-corrected chi connectivity index (χ3v) is 6.46. The van der Waals surface area contributed by atoms with E-state index in [2.05, 4.69) is 26.6 Å². The van der Waals surface area contributed by atoms with Gasteiger partial charge in [0.1, 0.15) is 0 Å². The Morgan fingerprint density at radius 2 is 2.00 bits per heavy atom. The molecule has 5 aromatic rings. The average Bonchev–Trinajstić information content (AvgIpc) is 3.54. The van der Waals surface area contributed by atoms with E-state index in [1.165, 1.54) is 0 Å². The molecule has 0 amide bonds. The van der Waals surface area contributed by atoms with E-state index >= 15 is 0 Å². The number of hydrogen-bond donors (Lipinski definition) is 3. The predicted molar refractivity (Wildman–Crippen MR) is 123 cm³/mol. The average molecular weight is 433 g/mol. The monoisotopic (exact) mass is 432 g/mol. The molecule has 1 saturated heterocycles. The Kier molecular flexibility index (Phi) is 4.26. The summed E-state index contributed by atoms with van der Waals surface area (Å²) < 4.78 is 8.21. The number of piperidine rings is 1. The van der Waals surface area contributed by atoms with Gasteiger partial charge in [0, 0.05) is 46.2 Å². The van der Waals surface area contributed by atoms with E-state index in [1.54, 1.807) is 6.20 Å². The van der Waals surface area contributed by atoms with Crippen LogP contribution >= 0.6 is 11.6 Å². The molecule has 0 spiro atoms. The van der Waals surface area contributed by atoms with Crippen molar-refractivity contribution in [1.29, 1.82) is 0 Å². The number of pyridine rings is 1. The summed E-state index contributed by atoms with van der Waals surface area (Å²) in [6, 6.07) is 8.47. The molecule has 1 aliphatic rings. The standard InChI is InChI=1S/C23H21ClN6O/c24-20-19-17(15-10-29-30(12-15)16-4-6-26-7-5-16)11-28-23(25)22(19)31-21(20)14-1-2-18-13(9-14)3-8-27-18/h1-3,8-12,16,26-27H,4-7H2,(H2,25,28). The van der Waals surface area contributed by atoms with Crippen molar-refractivity contribution in [3.8, 4) is 22.5 Å². The first-order valence-electron chi connectivity index (χ1n) is 10.4. The lowest BCUT2D eigenvalue weighted by atomic mass is 10.1. The molecule has 0 unspecified atom stereocenters. The summed E-state index contributed by atoms with van der Waals surface area (Å²) >= 11 is 6.88. The number of halogens is 1. The summed E-state index contributed by atoms with van der Waals surface area (Å²) in [7, 11) is 0. The number of H-pyrrole nitrogens is 1. The van der Waals surface area contributed by atoms with Crippen LogP contribution in [0.4, 0.5) is 5.82 Å². The molecular weight excluding hydrogens is 412 g/mol. The number of aromatic nitrogens is 4. The molecule has 1 aromatic carbocycles. The topological polar surface area (TPSA) is 97.7 Å². The lowest BCUT2D eigenvalue weighted by molar-refractivity contribution is 0.343. The van der Waals surface area contributed by atoms with Gasteiger partial charge in [-0.2, -0.15) is 5.10 Å². The fraction of sp³-hybridized carbons (Fsp3) is 0.217. The van der Waals surface area contributed by atoms with Crippen LogP contribution in [0.3, 0.4) is 0 Å². The van der Waals surface area contributed by atoms with E-state index in [4.69, 9.17) is 21.8 Å². The van der Waals surface area contributed by atoms with Crippen molar-refractivity contribution in [2.75, 3.05) is 18.8 Å². The van der Waals surface area contributed by atoms with Crippen molar-refractivity contribution in [2.24, 2.45) is 0 Å². The van der Waals surface area contributed by atoms with Crippen LogP contribution < -0.4 is 11.1 Å². The summed E-state index contributed by atoms with van der Waals surface area (Å²) in [5.74, 6) is 0.909. The largest absolute Gasteiger partial charge is 0.451 e. The number of nitrogen functional groups attached to an aromatic ring is 1. The number of hydrogen-bond acceptors (Lipinski definition) is 5. The number of anilines is 1. The van der Waals surface area contributed by atoms with Crippen molar-refractivity contribution >= 4 is 39.3 Å². The van der Waals surface area contributed by atoms with Gasteiger partial charge in [-0.25, -0.2) is 4.98 Å². The smallest absolute Gasteiger partial charge is 0.179 e. The SMILES string of the molecule is Nc1ncc(-c2cnn(C3CCNCC3)c2)c2c(Cl)c(-c3ccc4[nH]ccc4c3)oc12. The minimum absolute atomic E-state index is 0.320. The molecule has 8 heteroatoms. The number of nitrogens with zero attached hydrogens (tertiary/aromatic N) is 3. The second kappa shape index (κ2) is 7.14. The van der Waals surface area contributed by atoms with Gasteiger partial charge in [0.2, 0.25) is 0 Å². The summed E-state index contributed by atoms with van der Waals surface area (Å²) in [6.07, 6.45) is 9.72. The lowest BCUT2D eigenvalue weighted by Gasteiger charge is -2.22. The predicted octanol–water partition coefficient (Wildman–Crippen LogP) is 5.00. The number of nitrogens with two attached hydrogens (primary N) is 1. The molecule has 0 bridgehead atoms. The third-order valence-electron chi connectivity index (χ3n) is 6.10. The number of fused-ring (bicyclic) bond motifs is 2. The maximum absolute atomic E-state index is 6.88. The van der Waals surface area contributed by atoms with Gasteiger partial charge in [0.05, 0.1) is 22.6 Å². The Labute approximate surface area is 183 Å². The Bertz CT molecular complexity index is 1410. The highest BCUT2D eigenvalue weighted by Crippen LogP contribution is 2.44. The second-order valence-corrected chi connectivity index (χ2v) is 8.35. The molecule has 0 saturated carbocycles. The summed E-state index contributed by atoms with van der Waals surface area (Å²) in [5.41, 5.74) is 10.4. The number of furan rings is 1. The minimum atomic E-state index is 0.320. The molecule has 0 aliphatic carbocycles. The number of rotatable bonds is 3. The molecule has 0 atom stereocenters. The zero-order valence-electron chi connectivity index (χ0n) is 16.7. The van der Waals surface area contributed by atoms with E-state index in [9.17, 15) is 0 Å². The highest BCUT2D eigenvalue weighted by Gasteiger charge is 2.23. The van der Waals surface area contributed by atoms with Crippen molar-refractivity contribution < 1.29 is 4.42 Å². The molecule has 156 valence electrons. The van der Waals surface area contributed by atoms with Crippen LogP contribution in [0.2, 0.25) is 5.02 Å². The first-order valence-corrected chi connectivity index (χ1v) is 10.8. The van der Waals surface area contributed by atoms with Gasteiger partial charge in [-0.15, -0.1) is 0 Å². The van der Waals surface area contributed by atoms with Crippen molar-refractivity contribution in [3.05, 3.63) is 54.1 Å². The molecule has 4 N–H and O–H groups in total. The molecule has 4 aromatic heterocycles. The first kappa shape index (κ1) is 18.5. The van der Waals surface area contributed by atoms with Crippen LogP contribution in [0.1, 0.15) is 18.9 Å². The summed E-state index contributed by atoms with van der Waals surface area (Å²) in [6.45, 7) is 2.02. The van der Waals surface area contributed by atoms with Gasteiger partial charge in [-0.05, 0) is 50.2 Å². The Hall–Kier alpha value is -3.29. The zero-order chi connectivity index (χ0) is 20.9. The van der Waals surface area contributed by atoms with Crippen LogP contribution in [0.15, 0.2) is 53.5 Å². The molecule has 1 aliphatic heterocycles. The van der Waals surface area contributed by atoms with Gasteiger partial charge in [-0.3, -0.25) is 4.68 Å². The molecule has 5 heterocycles. The molecule has 6 rings (SSSR count). The Morgan fingerprint density at radius 1 is 1.13 bits per heavy atom. The van der Waals surface area contributed by atoms with Gasteiger partial charge < -0.3 is 20.5 Å². The maximum Gasteiger partial charge on any atom is 0.179 e. The summed E-state index contributed by atoms with van der Waals surface area (Å²) in [5, 5.41) is 10.4. The van der Waals surface area contributed by atoms with E-state index in [0.29, 0.717) is 28.2 Å². The fourth-order valence-corrected chi connectivity index (χ4v) is 4.77. The van der Waals surface area contributed by atoms with Gasteiger partial charge in [0.15, 0.2) is 17.2 Å². The molecule has 7 nitrogen and oxygen atoms in total. The number of aromatic amines is 1. The molecular formula is C23H21ClN6O. The number of benzene rings is 1. The Balaban J connectivity index is 1.48. The zero-order valence-corrected chi connectivity index (χ0v) is 17.5. The van der Waals surface area contributed by atoms with E-state index < -0.39 is 0 Å². The van der Waals surface area contributed by atoms with Crippen LogP contribution in [0.5, 0.6) is 0 Å². The van der Waals surface area contributed by atoms with Crippen molar-refractivity contribution in [2.45, 2.75) is 18.9 Å². The van der Waals surface area contributed by atoms with Gasteiger partial charge in [-0.1, -0.05) is 11.6 Å². The van der Waals surface area contributed by atoms with Crippen LogP contribution in [-0.4, -0.2) is 32.8 Å². The van der Waals surface area contributed by atoms with E-state index in [-0.39, 0.29) is 0 Å². The second-order valence-electron chi connectivity index (χ2n) is 7.98. The lowest BCUT2D eigenvalue weighted by Crippen LogP contribution is -2.29. The Morgan fingerprint density at radius 3 is 2.87 bits per heavy atom. The van der Waals surface area contributed by atoms with Crippen molar-refractivity contribution in [3.63, 3.8) is 0 Å². The molecule has 1 fully saturated rings. The van der Waals surface area contributed by atoms with Crippen LogP contribution in [-0.2, 0) is 0 Å². The van der Waals surface area contributed by atoms with Crippen molar-refractivity contribution in [1.82, 2.24) is 25.1 Å². The highest BCUT2D eigenvalue weighted by molar-refractivity contribution is 6.39. The first-order chi connectivity index (χ1) is 15.2.